The van der Waals surface area contributed by atoms with Gasteiger partial charge in [0.2, 0.25) is 15.8 Å². The van der Waals surface area contributed by atoms with Crippen LogP contribution in [0.2, 0.25) is 0 Å². The van der Waals surface area contributed by atoms with Crippen molar-refractivity contribution in [1.82, 2.24) is 0 Å². The second-order valence-corrected chi connectivity index (χ2v) is 8.23. The lowest BCUT2D eigenvalue weighted by atomic mass is 10.1. The predicted molar refractivity (Wildman–Crippen MR) is 106 cm³/mol. The molecule has 0 aliphatic carbocycles. The quantitative estimate of drug-likeness (QED) is 0.536. The van der Waals surface area contributed by atoms with E-state index in [2.05, 4.69) is 4.72 Å². The summed E-state index contributed by atoms with van der Waals surface area (Å²) in [7, 11) is -3.40. The van der Waals surface area contributed by atoms with Gasteiger partial charge in [0.05, 0.1) is 6.26 Å². The summed E-state index contributed by atoms with van der Waals surface area (Å²) in [6.07, 6.45) is 0.0395. The molecule has 2 aromatic carbocycles. The Bertz CT molecular complexity index is 967. The number of aryl methyl sites for hydroxylation is 2. The predicted octanol–water partition coefficient (Wildman–Crippen LogP) is 2.87. The van der Waals surface area contributed by atoms with E-state index in [1.165, 1.54) is 31.2 Å². The molecule has 0 aromatic heterocycles. The van der Waals surface area contributed by atoms with Crippen molar-refractivity contribution in [3.8, 4) is 5.75 Å². The molecule has 0 heterocycles. The zero-order valence-electron chi connectivity index (χ0n) is 16.2. The van der Waals surface area contributed by atoms with Crippen LogP contribution in [0.15, 0.2) is 42.5 Å². The van der Waals surface area contributed by atoms with Gasteiger partial charge in [0.1, 0.15) is 5.75 Å². The molecule has 0 radical (unpaired) electrons. The third kappa shape index (κ3) is 6.38. The highest BCUT2D eigenvalue weighted by Gasteiger charge is 2.20. The lowest BCUT2D eigenvalue weighted by molar-refractivity contribution is -0.148. The first-order valence-corrected chi connectivity index (χ1v) is 10.5. The molecule has 0 fully saturated rings. The van der Waals surface area contributed by atoms with E-state index in [0.717, 1.165) is 17.4 Å². The third-order valence-electron chi connectivity index (χ3n) is 3.99. The first-order valence-electron chi connectivity index (χ1n) is 8.57. The van der Waals surface area contributed by atoms with Crippen molar-refractivity contribution in [1.29, 1.82) is 0 Å². The SMILES string of the molecule is Cc1ccc(OCC(=O)O[C@@H](C)C(=O)c2ccc(NS(C)(=O)=O)cc2)cc1C. The molecule has 8 heteroatoms. The monoisotopic (exact) mass is 405 g/mol. The van der Waals surface area contributed by atoms with E-state index in [0.29, 0.717) is 17.0 Å². The van der Waals surface area contributed by atoms with Gasteiger partial charge in [-0.05, 0) is 68.3 Å². The molecule has 0 spiro atoms. The van der Waals surface area contributed by atoms with Gasteiger partial charge in [-0.1, -0.05) is 6.07 Å². The number of Topliss-reactive ketones (excluding diaryl/α,β-unsaturated/α-hetero) is 1. The Labute approximate surface area is 164 Å². The maximum atomic E-state index is 12.4. The number of sulfonamides is 1. The Morgan fingerprint density at radius 3 is 2.25 bits per heavy atom. The van der Waals surface area contributed by atoms with Crippen LogP contribution in [-0.4, -0.2) is 39.1 Å². The van der Waals surface area contributed by atoms with E-state index in [9.17, 15) is 18.0 Å². The molecule has 0 saturated carbocycles. The highest BCUT2D eigenvalue weighted by molar-refractivity contribution is 7.92. The molecule has 0 saturated heterocycles. The standard InChI is InChI=1S/C20H23NO6S/c1-13-5-10-18(11-14(13)2)26-12-19(22)27-15(3)20(23)16-6-8-17(9-7-16)21-28(4,24)25/h5-11,15,21H,12H2,1-4H3/t15-/m0/s1. The van der Waals surface area contributed by atoms with Crippen LogP contribution in [0.1, 0.15) is 28.4 Å². The topological polar surface area (TPSA) is 98.8 Å². The Morgan fingerprint density at radius 2 is 1.68 bits per heavy atom. The largest absolute Gasteiger partial charge is 0.482 e. The molecule has 0 aliphatic rings. The van der Waals surface area contributed by atoms with E-state index in [1.54, 1.807) is 6.07 Å². The molecular weight excluding hydrogens is 382 g/mol. The van der Waals surface area contributed by atoms with Gasteiger partial charge in [-0.25, -0.2) is 13.2 Å². The molecule has 1 atom stereocenters. The lowest BCUT2D eigenvalue weighted by Gasteiger charge is -2.13. The van der Waals surface area contributed by atoms with Gasteiger partial charge in [0.25, 0.3) is 0 Å². The van der Waals surface area contributed by atoms with E-state index < -0.39 is 27.9 Å². The molecule has 2 aromatic rings. The van der Waals surface area contributed by atoms with Gasteiger partial charge in [0.15, 0.2) is 12.7 Å². The summed E-state index contributed by atoms with van der Waals surface area (Å²) < 4.78 is 35.2. The number of ketones is 1. The zero-order chi connectivity index (χ0) is 20.9. The highest BCUT2D eigenvalue weighted by Crippen LogP contribution is 2.17. The Morgan fingerprint density at radius 1 is 1.04 bits per heavy atom. The summed E-state index contributed by atoms with van der Waals surface area (Å²) in [5.74, 6) is -0.507. The molecule has 0 aliphatic heterocycles. The van der Waals surface area contributed by atoms with Crippen LogP contribution in [-0.2, 0) is 19.6 Å². The number of benzene rings is 2. The van der Waals surface area contributed by atoms with Crippen LogP contribution in [0, 0.1) is 13.8 Å². The molecule has 0 bridgehead atoms. The average molecular weight is 405 g/mol. The number of hydrogen-bond acceptors (Lipinski definition) is 6. The number of ether oxygens (including phenoxy) is 2. The summed E-state index contributed by atoms with van der Waals surface area (Å²) >= 11 is 0. The first-order chi connectivity index (χ1) is 13.0. The highest BCUT2D eigenvalue weighted by atomic mass is 32.2. The smallest absolute Gasteiger partial charge is 0.344 e. The maximum absolute atomic E-state index is 12.4. The van der Waals surface area contributed by atoms with Crippen LogP contribution < -0.4 is 9.46 Å². The van der Waals surface area contributed by atoms with Gasteiger partial charge in [-0.15, -0.1) is 0 Å². The number of anilines is 1. The molecule has 1 N–H and O–H groups in total. The van der Waals surface area contributed by atoms with Crippen LogP contribution in [0.4, 0.5) is 5.69 Å². The van der Waals surface area contributed by atoms with Crippen LogP contribution >= 0.6 is 0 Å². The van der Waals surface area contributed by atoms with Crippen molar-refractivity contribution in [3.05, 3.63) is 59.2 Å². The zero-order valence-corrected chi connectivity index (χ0v) is 17.0. The second-order valence-electron chi connectivity index (χ2n) is 6.48. The normalized spacial score (nSPS) is 12.1. The van der Waals surface area contributed by atoms with Crippen molar-refractivity contribution in [2.45, 2.75) is 26.9 Å². The summed E-state index contributed by atoms with van der Waals surface area (Å²) in [4.78, 5) is 24.3. The van der Waals surface area contributed by atoms with Crippen LogP contribution in [0.5, 0.6) is 5.75 Å². The minimum atomic E-state index is -3.40. The fraction of sp³-hybridized carbons (Fsp3) is 0.300. The van der Waals surface area contributed by atoms with Crippen molar-refractivity contribution < 1.29 is 27.5 Å². The summed E-state index contributed by atoms with van der Waals surface area (Å²) in [5, 5.41) is 0. The average Bonchev–Trinajstić information content (AvgIpc) is 2.61. The minimum absolute atomic E-state index is 0.300. The summed E-state index contributed by atoms with van der Waals surface area (Å²) in [6.45, 7) is 5.08. The number of nitrogens with one attached hydrogen (secondary N) is 1. The van der Waals surface area contributed by atoms with Crippen molar-refractivity contribution in [3.63, 3.8) is 0 Å². The second kappa shape index (κ2) is 8.88. The fourth-order valence-corrected chi connectivity index (χ4v) is 2.95. The Hall–Kier alpha value is -2.87. The maximum Gasteiger partial charge on any atom is 0.344 e. The summed E-state index contributed by atoms with van der Waals surface area (Å²) in [6, 6.07) is 11.3. The number of hydrogen-bond donors (Lipinski definition) is 1. The molecule has 7 nitrogen and oxygen atoms in total. The van der Waals surface area contributed by atoms with Gasteiger partial charge in [-0.2, -0.15) is 0 Å². The van der Waals surface area contributed by atoms with Gasteiger partial charge >= 0.3 is 5.97 Å². The van der Waals surface area contributed by atoms with E-state index in [-0.39, 0.29) is 6.61 Å². The Balaban J connectivity index is 1.90. The van der Waals surface area contributed by atoms with Crippen LogP contribution in [0.25, 0.3) is 0 Å². The third-order valence-corrected chi connectivity index (χ3v) is 4.59. The van der Waals surface area contributed by atoms with Crippen molar-refractivity contribution in [2.24, 2.45) is 0 Å². The first kappa shape index (κ1) is 21.4. The fourth-order valence-electron chi connectivity index (χ4n) is 2.38. The van der Waals surface area contributed by atoms with Gasteiger partial charge in [-0.3, -0.25) is 9.52 Å². The molecule has 28 heavy (non-hydrogen) atoms. The molecule has 0 unspecified atom stereocenters. The Kier molecular flexibility index (Phi) is 6.80. The van der Waals surface area contributed by atoms with E-state index in [4.69, 9.17) is 9.47 Å². The summed E-state index contributed by atoms with van der Waals surface area (Å²) in [5.41, 5.74) is 2.80. The number of esters is 1. The minimum Gasteiger partial charge on any atom is -0.482 e. The lowest BCUT2D eigenvalue weighted by Crippen LogP contribution is -2.27. The van der Waals surface area contributed by atoms with Gasteiger partial charge in [0, 0.05) is 11.3 Å². The van der Waals surface area contributed by atoms with Crippen LogP contribution in [0.3, 0.4) is 0 Å². The van der Waals surface area contributed by atoms with Crippen molar-refractivity contribution in [2.75, 3.05) is 17.6 Å². The van der Waals surface area contributed by atoms with E-state index >= 15 is 0 Å². The number of carbonyl (C=O) groups is 2. The molecular formula is C20H23NO6S. The van der Waals surface area contributed by atoms with E-state index in [1.807, 2.05) is 26.0 Å². The molecule has 2 rings (SSSR count). The number of carbonyl (C=O) groups excluding carboxylic acids is 2. The molecule has 0 amide bonds. The van der Waals surface area contributed by atoms with Gasteiger partial charge < -0.3 is 9.47 Å². The van der Waals surface area contributed by atoms with Crippen molar-refractivity contribution >= 4 is 27.5 Å². The molecule has 150 valence electrons. The number of rotatable bonds is 8.